The summed E-state index contributed by atoms with van der Waals surface area (Å²) < 4.78 is 40.4. The molecule has 196 valence electrons. The summed E-state index contributed by atoms with van der Waals surface area (Å²) in [5.41, 5.74) is 0.368. The lowest BCUT2D eigenvalue weighted by Gasteiger charge is -2.33. The predicted molar refractivity (Wildman–Crippen MR) is 140 cm³/mol. The minimum absolute atomic E-state index is 0.0127. The van der Waals surface area contributed by atoms with E-state index in [1.54, 1.807) is 25.1 Å². The second-order valence-corrected chi connectivity index (χ2v) is 11.6. The number of anilines is 1. The first-order valence-corrected chi connectivity index (χ1v) is 14.4. The Morgan fingerprint density at radius 1 is 1.11 bits per heavy atom. The van der Waals surface area contributed by atoms with Crippen LogP contribution in [-0.2, 0) is 26.2 Å². The van der Waals surface area contributed by atoms with Gasteiger partial charge in [-0.25, -0.2) is 12.8 Å². The topological polar surface area (TPSA) is 86.8 Å². The van der Waals surface area contributed by atoms with Crippen LogP contribution < -0.4 is 9.62 Å². The summed E-state index contributed by atoms with van der Waals surface area (Å²) in [6.07, 6.45) is 5.00. The highest BCUT2D eigenvalue weighted by atomic mass is 35.5. The Morgan fingerprint density at radius 2 is 1.78 bits per heavy atom. The summed E-state index contributed by atoms with van der Waals surface area (Å²) in [4.78, 5) is 28.2. The van der Waals surface area contributed by atoms with Gasteiger partial charge in [0.2, 0.25) is 21.8 Å². The van der Waals surface area contributed by atoms with E-state index in [4.69, 9.17) is 23.2 Å². The molecule has 7 nitrogen and oxygen atoms in total. The number of benzene rings is 2. The Morgan fingerprint density at radius 3 is 2.36 bits per heavy atom. The molecule has 0 bridgehead atoms. The first kappa shape index (κ1) is 28.2. The quantitative estimate of drug-likeness (QED) is 0.456. The number of nitrogens with zero attached hydrogens (tertiary/aromatic N) is 2. The number of sulfonamides is 1. The number of para-hydroxylation sites is 1. The lowest BCUT2D eigenvalue weighted by atomic mass is 10.1. The van der Waals surface area contributed by atoms with Crippen molar-refractivity contribution in [2.45, 2.75) is 57.7 Å². The first-order valence-electron chi connectivity index (χ1n) is 11.8. The largest absolute Gasteiger partial charge is 0.352 e. The van der Waals surface area contributed by atoms with Crippen molar-refractivity contribution in [2.75, 3.05) is 17.1 Å². The van der Waals surface area contributed by atoms with E-state index in [0.717, 1.165) is 38.0 Å². The van der Waals surface area contributed by atoms with E-state index < -0.39 is 34.3 Å². The second kappa shape index (κ2) is 12.3. The Hall–Kier alpha value is -2.36. The monoisotopic (exact) mass is 557 g/mol. The van der Waals surface area contributed by atoms with Gasteiger partial charge in [-0.1, -0.05) is 61.2 Å². The van der Waals surface area contributed by atoms with Gasteiger partial charge in [-0.15, -0.1) is 0 Å². The van der Waals surface area contributed by atoms with Gasteiger partial charge >= 0.3 is 0 Å². The third-order valence-corrected chi connectivity index (χ3v) is 8.09. The molecule has 2 aromatic rings. The smallest absolute Gasteiger partial charge is 0.244 e. The summed E-state index contributed by atoms with van der Waals surface area (Å²) >= 11 is 12.2. The normalized spacial score (nSPS) is 14.9. The molecule has 0 unspecified atom stereocenters. The standard InChI is InChI=1S/C25H30Cl2FN3O4S/c1-3-22(25(33)29-18-8-4-5-9-18)30(15-17-12-13-19(26)20(27)14-17)24(32)16-31(36(2,34)35)23-11-7-6-10-21(23)28/h6-7,10-14,18,22H,3-5,8-9,15-16H2,1-2H3,(H,29,33)/t22-/m0/s1. The zero-order valence-electron chi connectivity index (χ0n) is 20.2. The highest BCUT2D eigenvalue weighted by Gasteiger charge is 2.33. The van der Waals surface area contributed by atoms with Gasteiger partial charge in [0, 0.05) is 12.6 Å². The van der Waals surface area contributed by atoms with Gasteiger partial charge in [0.05, 0.1) is 22.0 Å². The Labute approximate surface area is 221 Å². The summed E-state index contributed by atoms with van der Waals surface area (Å²) in [7, 11) is -4.02. The van der Waals surface area contributed by atoms with Crippen molar-refractivity contribution in [1.29, 1.82) is 0 Å². The zero-order valence-corrected chi connectivity index (χ0v) is 22.5. The number of nitrogens with one attached hydrogen (secondary N) is 1. The molecule has 0 spiro atoms. The average Bonchev–Trinajstić information content (AvgIpc) is 3.32. The fraction of sp³-hybridized carbons (Fsp3) is 0.440. The van der Waals surface area contributed by atoms with E-state index in [1.165, 1.54) is 23.1 Å². The molecule has 1 fully saturated rings. The molecule has 1 N–H and O–H groups in total. The van der Waals surface area contributed by atoms with E-state index in [9.17, 15) is 22.4 Å². The fourth-order valence-corrected chi connectivity index (χ4v) is 5.54. The SMILES string of the molecule is CC[C@@H](C(=O)NC1CCCC1)N(Cc1ccc(Cl)c(Cl)c1)C(=O)CN(c1ccccc1F)S(C)(=O)=O. The van der Waals surface area contributed by atoms with Crippen LogP contribution in [0.4, 0.5) is 10.1 Å². The van der Waals surface area contributed by atoms with Crippen LogP contribution in [0.2, 0.25) is 10.0 Å². The van der Waals surface area contributed by atoms with E-state index in [0.29, 0.717) is 21.3 Å². The molecule has 0 radical (unpaired) electrons. The van der Waals surface area contributed by atoms with E-state index in [1.807, 2.05) is 0 Å². The van der Waals surface area contributed by atoms with Gasteiger partial charge in [-0.3, -0.25) is 13.9 Å². The molecule has 3 rings (SSSR count). The van der Waals surface area contributed by atoms with Crippen molar-refractivity contribution < 1.29 is 22.4 Å². The summed E-state index contributed by atoms with van der Waals surface area (Å²) in [5.74, 6) is -1.74. The number of rotatable bonds is 10. The number of hydrogen-bond donors (Lipinski definition) is 1. The molecule has 1 saturated carbocycles. The van der Waals surface area contributed by atoms with Gasteiger partial charge in [0.1, 0.15) is 18.4 Å². The first-order chi connectivity index (χ1) is 17.0. The third kappa shape index (κ3) is 7.11. The number of amides is 2. The average molecular weight is 559 g/mol. The highest BCUT2D eigenvalue weighted by Crippen LogP contribution is 2.26. The van der Waals surface area contributed by atoms with Crippen molar-refractivity contribution >= 4 is 50.7 Å². The summed E-state index contributed by atoms with van der Waals surface area (Å²) in [6, 6.07) is 9.36. The second-order valence-electron chi connectivity index (χ2n) is 8.91. The molecule has 0 saturated heterocycles. The molecule has 0 heterocycles. The van der Waals surface area contributed by atoms with Gasteiger partial charge in [-0.05, 0) is 49.1 Å². The lowest BCUT2D eigenvalue weighted by Crippen LogP contribution is -2.53. The maximum atomic E-state index is 14.5. The summed E-state index contributed by atoms with van der Waals surface area (Å²) in [6.45, 7) is 1.09. The number of halogens is 3. The van der Waals surface area contributed by atoms with Crippen LogP contribution in [0.25, 0.3) is 0 Å². The molecule has 1 aliphatic carbocycles. The van der Waals surface area contributed by atoms with E-state index in [2.05, 4.69) is 5.32 Å². The maximum absolute atomic E-state index is 14.5. The van der Waals surface area contributed by atoms with Crippen LogP contribution in [0.3, 0.4) is 0 Å². The van der Waals surface area contributed by atoms with E-state index >= 15 is 0 Å². The molecule has 2 aromatic carbocycles. The lowest BCUT2D eigenvalue weighted by molar-refractivity contribution is -0.140. The minimum atomic E-state index is -4.02. The fourth-order valence-electron chi connectivity index (χ4n) is 4.37. The molecular weight excluding hydrogens is 528 g/mol. The Kier molecular flexibility index (Phi) is 9.60. The van der Waals surface area contributed by atoms with Crippen molar-refractivity contribution in [3.05, 3.63) is 63.9 Å². The van der Waals surface area contributed by atoms with Crippen LogP contribution >= 0.6 is 23.2 Å². The zero-order chi connectivity index (χ0) is 26.5. The molecule has 1 aliphatic rings. The van der Waals surface area contributed by atoms with Gasteiger partial charge in [0.25, 0.3) is 0 Å². The van der Waals surface area contributed by atoms with Crippen LogP contribution in [0.15, 0.2) is 42.5 Å². The minimum Gasteiger partial charge on any atom is -0.352 e. The van der Waals surface area contributed by atoms with Crippen molar-refractivity contribution in [3.8, 4) is 0 Å². The molecule has 1 atom stereocenters. The number of hydrogen-bond acceptors (Lipinski definition) is 4. The van der Waals surface area contributed by atoms with Crippen LogP contribution in [0.5, 0.6) is 0 Å². The van der Waals surface area contributed by atoms with Gasteiger partial charge in [-0.2, -0.15) is 0 Å². The van der Waals surface area contributed by atoms with Crippen molar-refractivity contribution in [1.82, 2.24) is 10.2 Å². The van der Waals surface area contributed by atoms with E-state index in [-0.39, 0.29) is 29.2 Å². The molecule has 36 heavy (non-hydrogen) atoms. The Balaban J connectivity index is 1.95. The van der Waals surface area contributed by atoms with Crippen LogP contribution in [0, 0.1) is 5.82 Å². The number of carbonyl (C=O) groups excluding carboxylic acids is 2. The molecule has 0 aromatic heterocycles. The van der Waals surface area contributed by atoms with Crippen LogP contribution in [-0.4, -0.2) is 50.0 Å². The van der Waals surface area contributed by atoms with Gasteiger partial charge < -0.3 is 10.2 Å². The van der Waals surface area contributed by atoms with Crippen molar-refractivity contribution in [3.63, 3.8) is 0 Å². The number of carbonyl (C=O) groups is 2. The molecular formula is C25H30Cl2FN3O4S. The third-order valence-electron chi connectivity index (χ3n) is 6.22. The Bertz CT molecular complexity index is 1210. The molecule has 2 amide bonds. The molecule has 11 heteroatoms. The summed E-state index contributed by atoms with van der Waals surface area (Å²) in [5, 5.41) is 3.65. The molecule has 0 aliphatic heterocycles. The van der Waals surface area contributed by atoms with Crippen LogP contribution in [0.1, 0.15) is 44.6 Å². The van der Waals surface area contributed by atoms with Crippen molar-refractivity contribution in [2.24, 2.45) is 0 Å². The maximum Gasteiger partial charge on any atom is 0.244 e. The predicted octanol–water partition coefficient (Wildman–Crippen LogP) is 4.76. The highest BCUT2D eigenvalue weighted by molar-refractivity contribution is 7.92. The van der Waals surface area contributed by atoms with Gasteiger partial charge in [0.15, 0.2) is 0 Å².